The SMILES string of the molecule is CCCCCCCCCCCCCCCCCCCCCC(=O)Nc1ccccc1OCCCC. The van der Waals surface area contributed by atoms with Gasteiger partial charge in [-0.05, 0) is 25.0 Å². The van der Waals surface area contributed by atoms with E-state index in [0.29, 0.717) is 13.0 Å². The first-order valence-corrected chi connectivity index (χ1v) is 15.3. The van der Waals surface area contributed by atoms with Gasteiger partial charge in [-0.15, -0.1) is 0 Å². The van der Waals surface area contributed by atoms with Gasteiger partial charge in [0.1, 0.15) is 5.75 Å². The van der Waals surface area contributed by atoms with Gasteiger partial charge in [-0.1, -0.05) is 148 Å². The number of para-hydroxylation sites is 2. The Labute approximate surface area is 218 Å². The molecule has 0 atom stereocenters. The van der Waals surface area contributed by atoms with Crippen molar-refractivity contribution in [3.05, 3.63) is 24.3 Å². The lowest BCUT2D eigenvalue weighted by Gasteiger charge is -2.12. The van der Waals surface area contributed by atoms with Crippen molar-refractivity contribution in [2.45, 2.75) is 155 Å². The molecule has 3 nitrogen and oxygen atoms in total. The van der Waals surface area contributed by atoms with Crippen molar-refractivity contribution in [1.82, 2.24) is 0 Å². The van der Waals surface area contributed by atoms with Gasteiger partial charge in [-0.2, -0.15) is 0 Å². The lowest BCUT2D eigenvalue weighted by atomic mass is 10.0. The molecule has 0 saturated heterocycles. The predicted octanol–water partition coefficient (Wildman–Crippen LogP) is 10.6. The summed E-state index contributed by atoms with van der Waals surface area (Å²) in [4.78, 5) is 12.3. The van der Waals surface area contributed by atoms with Crippen LogP contribution in [0.1, 0.15) is 155 Å². The largest absolute Gasteiger partial charge is 0.491 e. The Bertz CT molecular complexity index is 601. The molecule has 0 heterocycles. The lowest BCUT2D eigenvalue weighted by Crippen LogP contribution is -2.12. The van der Waals surface area contributed by atoms with E-state index in [4.69, 9.17) is 4.74 Å². The van der Waals surface area contributed by atoms with Crippen LogP contribution in [-0.2, 0) is 4.79 Å². The number of anilines is 1. The summed E-state index contributed by atoms with van der Waals surface area (Å²) in [5.41, 5.74) is 0.798. The summed E-state index contributed by atoms with van der Waals surface area (Å²) in [6.45, 7) is 5.14. The number of benzene rings is 1. The first-order chi connectivity index (χ1) is 17.3. The Balaban J connectivity index is 1.87. The summed E-state index contributed by atoms with van der Waals surface area (Å²) < 4.78 is 5.81. The molecule has 0 unspecified atom stereocenters. The molecular weight excluding hydrogens is 430 g/mol. The zero-order valence-electron chi connectivity index (χ0n) is 23.4. The van der Waals surface area contributed by atoms with Crippen molar-refractivity contribution in [2.24, 2.45) is 0 Å². The predicted molar refractivity (Wildman–Crippen MR) is 153 cm³/mol. The molecule has 0 saturated carbocycles. The molecule has 0 spiro atoms. The number of carbonyl (C=O) groups is 1. The number of amides is 1. The zero-order chi connectivity index (χ0) is 25.2. The van der Waals surface area contributed by atoms with Crippen LogP contribution in [-0.4, -0.2) is 12.5 Å². The van der Waals surface area contributed by atoms with Gasteiger partial charge < -0.3 is 10.1 Å². The summed E-state index contributed by atoms with van der Waals surface area (Å²) in [7, 11) is 0. The highest BCUT2D eigenvalue weighted by Gasteiger charge is 2.07. The lowest BCUT2D eigenvalue weighted by molar-refractivity contribution is -0.116. The third kappa shape index (κ3) is 19.4. The topological polar surface area (TPSA) is 38.3 Å². The average molecular weight is 488 g/mol. The van der Waals surface area contributed by atoms with Crippen molar-refractivity contribution >= 4 is 11.6 Å². The quantitative estimate of drug-likeness (QED) is 0.139. The van der Waals surface area contributed by atoms with Crippen LogP contribution in [0, 0.1) is 0 Å². The van der Waals surface area contributed by atoms with E-state index in [0.717, 1.165) is 37.1 Å². The molecule has 1 aromatic rings. The van der Waals surface area contributed by atoms with E-state index in [1.807, 2.05) is 24.3 Å². The minimum absolute atomic E-state index is 0.100. The van der Waals surface area contributed by atoms with Crippen LogP contribution in [0.5, 0.6) is 5.75 Å². The Morgan fingerprint density at radius 1 is 0.600 bits per heavy atom. The maximum Gasteiger partial charge on any atom is 0.224 e. The highest BCUT2D eigenvalue weighted by molar-refractivity contribution is 5.92. The molecule has 0 aliphatic rings. The second kappa shape index (κ2) is 24.2. The third-order valence-corrected chi connectivity index (χ3v) is 6.92. The number of nitrogens with one attached hydrogen (secondary N) is 1. The van der Waals surface area contributed by atoms with Crippen molar-refractivity contribution in [3.63, 3.8) is 0 Å². The van der Waals surface area contributed by atoms with Gasteiger partial charge in [0, 0.05) is 6.42 Å². The minimum atomic E-state index is 0.100. The Morgan fingerprint density at radius 3 is 1.51 bits per heavy atom. The molecule has 1 rings (SSSR count). The van der Waals surface area contributed by atoms with Crippen LogP contribution < -0.4 is 10.1 Å². The second-order valence-corrected chi connectivity index (χ2v) is 10.4. The van der Waals surface area contributed by atoms with Crippen molar-refractivity contribution in [3.8, 4) is 5.75 Å². The molecule has 1 N–H and O–H groups in total. The summed E-state index contributed by atoms with van der Waals surface area (Å²) in [5, 5.41) is 3.03. The first-order valence-electron chi connectivity index (χ1n) is 15.3. The summed E-state index contributed by atoms with van der Waals surface area (Å²) in [5.74, 6) is 0.881. The van der Waals surface area contributed by atoms with Crippen LogP contribution >= 0.6 is 0 Å². The molecule has 0 fully saturated rings. The number of unbranched alkanes of at least 4 members (excludes halogenated alkanes) is 19. The fraction of sp³-hybridized carbons (Fsp3) is 0.781. The maximum atomic E-state index is 12.3. The molecule has 3 heteroatoms. The van der Waals surface area contributed by atoms with E-state index >= 15 is 0 Å². The normalized spacial score (nSPS) is 11.0. The standard InChI is InChI=1S/C32H57NO2/c1-3-5-7-8-9-10-11-12-13-14-15-16-17-18-19-20-21-22-23-28-32(34)33-30-26-24-25-27-31(30)35-29-6-4-2/h24-27H,3-23,28-29H2,1-2H3,(H,33,34). The molecule has 0 aliphatic carbocycles. The number of ether oxygens (including phenoxy) is 1. The first kappa shape index (κ1) is 31.5. The van der Waals surface area contributed by atoms with Crippen molar-refractivity contribution in [2.75, 3.05) is 11.9 Å². The Hall–Kier alpha value is -1.51. The van der Waals surface area contributed by atoms with Crippen LogP contribution in [0.3, 0.4) is 0 Å². The molecule has 35 heavy (non-hydrogen) atoms. The van der Waals surface area contributed by atoms with E-state index in [9.17, 15) is 4.79 Å². The molecule has 0 aromatic heterocycles. The molecule has 0 aliphatic heterocycles. The fourth-order valence-corrected chi connectivity index (χ4v) is 4.60. The third-order valence-electron chi connectivity index (χ3n) is 6.92. The molecule has 0 radical (unpaired) electrons. The Morgan fingerprint density at radius 2 is 1.03 bits per heavy atom. The van der Waals surface area contributed by atoms with E-state index in [2.05, 4.69) is 19.2 Å². The monoisotopic (exact) mass is 487 g/mol. The van der Waals surface area contributed by atoms with Crippen LogP contribution in [0.15, 0.2) is 24.3 Å². The van der Waals surface area contributed by atoms with E-state index < -0.39 is 0 Å². The van der Waals surface area contributed by atoms with Gasteiger partial charge in [-0.25, -0.2) is 0 Å². The summed E-state index contributed by atoms with van der Waals surface area (Å²) in [6.07, 6.45) is 28.8. The second-order valence-electron chi connectivity index (χ2n) is 10.4. The van der Waals surface area contributed by atoms with Gasteiger partial charge in [0.15, 0.2) is 0 Å². The zero-order valence-corrected chi connectivity index (χ0v) is 23.4. The van der Waals surface area contributed by atoms with Crippen LogP contribution in [0.4, 0.5) is 5.69 Å². The molecule has 0 bridgehead atoms. The van der Waals surface area contributed by atoms with E-state index in [1.165, 1.54) is 109 Å². The number of rotatable bonds is 25. The molecule has 202 valence electrons. The number of hydrogen-bond acceptors (Lipinski definition) is 2. The fourth-order valence-electron chi connectivity index (χ4n) is 4.60. The smallest absolute Gasteiger partial charge is 0.224 e. The summed E-state index contributed by atoms with van der Waals surface area (Å²) >= 11 is 0. The number of hydrogen-bond donors (Lipinski definition) is 1. The van der Waals surface area contributed by atoms with Crippen molar-refractivity contribution < 1.29 is 9.53 Å². The molecular formula is C32H57NO2. The van der Waals surface area contributed by atoms with Gasteiger partial charge in [0.25, 0.3) is 0 Å². The summed E-state index contributed by atoms with van der Waals surface area (Å²) in [6, 6.07) is 7.76. The van der Waals surface area contributed by atoms with Crippen molar-refractivity contribution in [1.29, 1.82) is 0 Å². The van der Waals surface area contributed by atoms with Gasteiger partial charge in [0.05, 0.1) is 12.3 Å². The van der Waals surface area contributed by atoms with Crippen LogP contribution in [0.2, 0.25) is 0 Å². The van der Waals surface area contributed by atoms with E-state index in [1.54, 1.807) is 0 Å². The Kier molecular flexibility index (Phi) is 21.8. The molecule has 1 amide bonds. The average Bonchev–Trinajstić information content (AvgIpc) is 2.86. The highest BCUT2D eigenvalue weighted by atomic mass is 16.5. The van der Waals surface area contributed by atoms with Gasteiger partial charge in [-0.3, -0.25) is 4.79 Å². The minimum Gasteiger partial charge on any atom is -0.491 e. The van der Waals surface area contributed by atoms with Gasteiger partial charge in [0.2, 0.25) is 5.91 Å². The van der Waals surface area contributed by atoms with Crippen LogP contribution in [0.25, 0.3) is 0 Å². The highest BCUT2D eigenvalue weighted by Crippen LogP contribution is 2.24. The van der Waals surface area contributed by atoms with E-state index in [-0.39, 0.29) is 5.91 Å². The van der Waals surface area contributed by atoms with Gasteiger partial charge >= 0.3 is 0 Å². The maximum absolute atomic E-state index is 12.3. The number of carbonyl (C=O) groups excluding carboxylic acids is 1. The molecule has 1 aromatic carbocycles.